The number of nitrogen functional groups attached to an aromatic ring is 1. The molecule has 0 fully saturated rings. The zero-order chi connectivity index (χ0) is 23.8. The number of aromatic nitrogens is 3. The minimum absolute atomic E-state index is 0.0410. The van der Waals surface area contributed by atoms with Crippen LogP contribution in [0.25, 0.3) is 16.7 Å². The molecule has 4 rings (SSSR count). The fraction of sp³-hybridized carbons (Fsp3) is 0.292. The van der Waals surface area contributed by atoms with Crippen molar-refractivity contribution in [1.82, 2.24) is 9.38 Å². The smallest absolute Gasteiger partial charge is 0.278 e. The van der Waals surface area contributed by atoms with E-state index in [-0.39, 0.29) is 32.7 Å². The zero-order valence-corrected chi connectivity index (χ0v) is 19.7. The third kappa shape index (κ3) is 4.34. The number of ether oxygens (including phenoxy) is 1. The van der Waals surface area contributed by atoms with Gasteiger partial charge >= 0.3 is 0 Å². The summed E-state index contributed by atoms with van der Waals surface area (Å²) >= 11 is 0. The Labute approximate surface area is 192 Å². The summed E-state index contributed by atoms with van der Waals surface area (Å²) in [7, 11) is -3.96. The fourth-order valence-corrected chi connectivity index (χ4v) is 5.17. The molecule has 8 nitrogen and oxygen atoms in total. The lowest BCUT2D eigenvalue weighted by molar-refractivity contribution is -0.661. The third-order valence-electron chi connectivity index (χ3n) is 5.38. The largest absolute Gasteiger partial charge is 0.379 e. The lowest BCUT2D eigenvalue weighted by Crippen LogP contribution is -2.42. The van der Waals surface area contributed by atoms with Crippen LogP contribution >= 0.6 is 0 Å². The van der Waals surface area contributed by atoms with E-state index in [4.69, 9.17) is 10.5 Å². The van der Waals surface area contributed by atoms with E-state index in [9.17, 15) is 13.2 Å². The average molecular weight is 468 g/mol. The van der Waals surface area contributed by atoms with E-state index in [0.717, 1.165) is 5.56 Å². The fourth-order valence-electron chi connectivity index (χ4n) is 3.74. The molecule has 0 saturated heterocycles. The molecular formula is C24H27N4O4S+. The van der Waals surface area contributed by atoms with E-state index in [0.29, 0.717) is 30.9 Å². The molecular weight excluding hydrogens is 440 g/mol. The highest BCUT2D eigenvalue weighted by molar-refractivity contribution is 7.91. The second-order valence-corrected chi connectivity index (χ2v) is 10.1. The Kier molecular flexibility index (Phi) is 6.18. The molecule has 0 unspecified atom stereocenters. The number of nitrogens with two attached hydrogens (primary N) is 1. The minimum atomic E-state index is -3.96. The maximum atomic E-state index is 13.5. The Morgan fingerprint density at radius 2 is 1.88 bits per heavy atom. The van der Waals surface area contributed by atoms with Gasteiger partial charge in [-0.15, -0.1) is 0 Å². The van der Waals surface area contributed by atoms with Crippen molar-refractivity contribution in [3.05, 3.63) is 70.6 Å². The molecule has 2 N–H and O–H groups in total. The van der Waals surface area contributed by atoms with Crippen LogP contribution in [0.2, 0.25) is 0 Å². The van der Waals surface area contributed by atoms with E-state index < -0.39 is 9.84 Å². The molecule has 0 saturated carbocycles. The normalized spacial score (nSPS) is 12.1. The molecule has 0 radical (unpaired) electrons. The standard InChI is InChI=1S/C24H26N4O4S/c1-16(2)32-13-7-12-27-22(25)20(33(30,31)18-8-5-4-6-9-18)14-19-23(27)26-21-11-10-17(3)15-28(21)24(19)29/h4-6,8-11,14-16,25H,7,12-13H2,1-3H3/p+1. The number of benzene rings is 1. The number of hydrogen-bond acceptors (Lipinski definition) is 6. The minimum Gasteiger partial charge on any atom is -0.379 e. The summed E-state index contributed by atoms with van der Waals surface area (Å²) in [5.41, 5.74) is 7.77. The summed E-state index contributed by atoms with van der Waals surface area (Å²) < 4.78 is 35.6. The molecule has 3 aromatic heterocycles. The van der Waals surface area contributed by atoms with Crippen LogP contribution in [-0.4, -0.2) is 30.5 Å². The second-order valence-electron chi connectivity index (χ2n) is 8.22. The molecule has 0 atom stereocenters. The van der Waals surface area contributed by atoms with Crippen LogP contribution in [0.5, 0.6) is 0 Å². The molecule has 0 aliphatic rings. The Morgan fingerprint density at radius 3 is 2.58 bits per heavy atom. The Morgan fingerprint density at radius 1 is 1.15 bits per heavy atom. The number of nitrogens with zero attached hydrogens (tertiary/aromatic N) is 3. The number of sulfone groups is 1. The lowest BCUT2D eigenvalue weighted by Gasteiger charge is -2.13. The van der Waals surface area contributed by atoms with Gasteiger partial charge in [0.1, 0.15) is 10.3 Å². The molecule has 3 heterocycles. The summed E-state index contributed by atoms with van der Waals surface area (Å²) in [6.45, 7) is 6.58. The molecule has 0 aliphatic carbocycles. The Bertz CT molecular complexity index is 1500. The first-order valence-electron chi connectivity index (χ1n) is 10.8. The van der Waals surface area contributed by atoms with E-state index in [1.54, 1.807) is 35.0 Å². The third-order valence-corrected chi connectivity index (χ3v) is 7.18. The van der Waals surface area contributed by atoms with Gasteiger partial charge in [0.05, 0.1) is 17.5 Å². The molecule has 1 aromatic carbocycles. The zero-order valence-electron chi connectivity index (χ0n) is 18.9. The van der Waals surface area contributed by atoms with Crippen molar-refractivity contribution in [1.29, 1.82) is 0 Å². The van der Waals surface area contributed by atoms with Crippen LogP contribution in [0.15, 0.2) is 69.3 Å². The molecule has 0 amide bonds. The first-order chi connectivity index (χ1) is 15.7. The van der Waals surface area contributed by atoms with Crippen LogP contribution in [0.1, 0.15) is 25.8 Å². The van der Waals surface area contributed by atoms with Gasteiger partial charge in [-0.3, -0.25) is 9.20 Å². The Balaban J connectivity index is 1.99. The number of anilines is 1. The van der Waals surface area contributed by atoms with Gasteiger partial charge in [-0.2, -0.15) is 0 Å². The molecule has 9 heteroatoms. The van der Waals surface area contributed by atoms with Gasteiger partial charge in [0.15, 0.2) is 0 Å². The number of aryl methyl sites for hydroxylation is 2. The van der Waals surface area contributed by atoms with Crippen LogP contribution in [0, 0.1) is 6.92 Å². The predicted molar refractivity (Wildman–Crippen MR) is 126 cm³/mol. The van der Waals surface area contributed by atoms with Crippen LogP contribution in [0.3, 0.4) is 0 Å². The monoisotopic (exact) mass is 467 g/mol. The average Bonchev–Trinajstić information content (AvgIpc) is 2.78. The van der Waals surface area contributed by atoms with Gasteiger partial charge in [-0.1, -0.05) is 29.2 Å². The van der Waals surface area contributed by atoms with Crippen LogP contribution in [0.4, 0.5) is 5.82 Å². The van der Waals surface area contributed by atoms with E-state index >= 15 is 0 Å². The number of pyridine rings is 2. The molecule has 4 aromatic rings. The van der Waals surface area contributed by atoms with Crippen molar-refractivity contribution >= 4 is 32.3 Å². The first kappa shape index (κ1) is 22.9. The summed E-state index contributed by atoms with van der Waals surface area (Å²) in [6, 6.07) is 13.0. The highest BCUT2D eigenvalue weighted by Crippen LogP contribution is 2.26. The molecule has 172 valence electrons. The molecule has 33 heavy (non-hydrogen) atoms. The number of fused-ring (bicyclic) bond motifs is 2. The predicted octanol–water partition coefficient (Wildman–Crippen LogP) is 2.67. The summed E-state index contributed by atoms with van der Waals surface area (Å²) in [6.07, 6.45) is 2.34. The number of rotatable bonds is 7. The molecule has 0 bridgehead atoms. The molecule has 0 aliphatic heterocycles. The topological polar surface area (TPSA) is 108 Å². The van der Waals surface area contributed by atoms with Crippen molar-refractivity contribution in [3.8, 4) is 0 Å². The number of hydrogen-bond donors (Lipinski definition) is 1. The van der Waals surface area contributed by atoms with Gasteiger partial charge in [-0.05, 0) is 50.6 Å². The van der Waals surface area contributed by atoms with Crippen LogP contribution < -0.4 is 15.9 Å². The van der Waals surface area contributed by atoms with E-state index in [1.807, 2.05) is 26.8 Å². The van der Waals surface area contributed by atoms with Gasteiger partial charge < -0.3 is 10.5 Å². The quantitative estimate of drug-likeness (QED) is 0.254. The first-order valence-corrected chi connectivity index (χ1v) is 12.3. The summed E-state index contributed by atoms with van der Waals surface area (Å²) in [5, 5.41) is 0.187. The van der Waals surface area contributed by atoms with Crippen molar-refractivity contribution in [2.24, 2.45) is 0 Å². The lowest BCUT2D eigenvalue weighted by atomic mass is 10.2. The van der Waals surface area contributed by atoms with Crippen LogP contribution in [-0.2, 0) is 21.1 Å². The van der Waals surface area contributed by atoms with E-state index in [2.05, 4.69) is 4.98 Å². The van der Waals surface area contributed by atoms with E-state index in [1.165, 1.54) is 22.6 Å². The second kappa shape index (κ2) is 8.92. The van der Waals surface area contributed by atoms with Gasteiger partial charge in [0.25, 0.3) is 11.2 Å². The van der Waals surface area contributed by atoms with Crippen molar-refractivity contribution in [2.45, 2.75) is 49.6 Å². The van der Waals surface area contributed by atoms with Crippen molar-refractivity contribution in [3.63, 3.8) is 0 Å². The van der Waals surface area contributed by atoms with Gasteiger partial charge in [-0.25, -0.2) is 13.0 Å². The summed E-state index contributed by atoms with van der Waals surface area (Å²) in [5.74, 6) is 0.0410. The molecule has 0 spiro atoms. The van der Waals surface area contributed by atoms with Gasteiger partial charge in [0.2, 0.25) is 21.3 Å². The maximum Gasteiger partial charge on any atom is 0.278 e. The van der Waals surface area contributed by atoms with Crippen molar-refractivity contribution in [2.75, 3.05) is 12.3 Å². The summed E-state index contributed by atoms with van der Waals surface area (Å²) in [4.78, 5) is 18.0. The SMILES string of the molecule is Cc1ccc2nc3c(cc(S(=O)(=O)c4ccccc4)c(N)[n+]3CCCOC(C)C)c(=O)n2c1. The highest BCUT2D eigenvalue weighted by atomic mass is 32.2. The van der Waals surface area contributed by atoms with Crippen molar-refractivity contribution < 1.29 is 17.7 Å². The Hall–Kier alpha value is -3.30. The van der Waals surface area contributed by atoms with Gasteiger partial charge in [0, 0.05) is 19.2 Å². The highest BCUT2D eigenvalue weighted by Gasteiger charge is 2.29. The maximum absolute atomic E-state index is 13.5.